The van der Waals surface area contributed by atoms with Gasteiger partial charge in [-0.15, -0.1) is 0 Å². The number of halogens is 1. The van der Waals surface area contributed by atoms with Gasteiger partial charge in [-0.25, -0.2) is 0 Å². The molecule has 1 atom stereocenters. The van der Waals surface area contributed by atoms with E-state index in [0.29, 0.717) is 0 Å². The highest BCUT2D eigenvalue weighted by Crippen LogP contribution is 2.31. The van der Waals surface area contributed by atoms with Crippen molar-refractivity contribution in [1.29, 1.82) is 0 Å². The molecule has 1 aromatic carbocycles. The zero-order chi connectivity index (χ0) is 11.9. The maximum absolute atomic E-state index is 12.1. The predicted molar refractivity (Wildman–Crippen MR) is 69.9 cm³/mol. The number of nitrogens with one attached hydrogen (secondary N) is 2. The molecule has 17 heavy (non-hydrogen) atoms. The van der Waals surface area contributed by atoms with Gasteiger partial charge >= 0.3 is 0 Å². The molecule has 1 aliphatic carbocycles. The van der Waals surface area contributed by atoms with Crippen LogP contribution >= 0.6 is 15.9 Å². The average molecular weight is 295 g/mol. The third kappa shape index (κ3) is 1.89. The van der Waals surface area contributed by atoms with E-state index in [9.17, 15) is 4.79 Å². The first-order valence-corrected chi connectivity index (χ1v) is 6.80. The number of carbonyl (C=O) groups excluding carboxylic acids is 1. The van der Waals surface area contributed by atoms with E-state index >= 15 is 0 Å². The molecule has 0 bridgehead atoms. The van der Waals surface area contributed by atoms with Crippen molar-refractivity contribution in [2.45, 2.75) is 24.8 Å². The summed E-state index contributed by atoms with van der Waals surface area (Å²) >= 11 is 3.49. The van der Waals surface area contributed by atoms with E-state index in [4.69, 9.17) is 0 Å². The van der Waals surface area contributed by atoms with Gasteiger partial charge in [-0.3, -0.25) is 4.79 Å². The third-order valence-corrected chi connectivity index (χ3v) is 4.28. The Balaban J connectivity index is 1.94. The average Bonchev–Trinajstić information content (AvgIpc) is 2.34. The molecule has 90 valence electrons. The second kappa shape index (κ2) is 4.10. The number of aryl methyl sites for hydroxylation is 1. The van der Waals surface area contributed by atoms with Crippen molar-refractivity contribution in [2.75, 3.05) is 13.1 Å². The Labute approximate surface area is 109 Å². The van der Waals surface area contributed by atoms with Crippen LogP contribution in [0.2, 0.25) is 0 Å². The van der Waals surface area contributed by atoms with Crippen molar-refractivity contribution < 1.29 is 4.79 Å². The van der Waals surface area contributed by atoms with Crippen molar-refractivity contribution >= 4 is 21.8 Å². The summed E-state index contributed by atoms with van der Waals surface area (Å²) in [5.74, 6) is 0.164. The van der Waals surface area contributed by atoms with Crippen molar-refractivity contribution in [3.05, 3.63) is 33.8 Å². The molecule has 3 rings (SSSR count). The van der Waals surface area contributed by atoms with Crippen molar-refractivity contribution in [3.8, 4) is 0 Å². The molecular formula is C13H15BrN2O. The van der Waals surface area contributed by atoms with Gasteiger partial charge in [0, 0.05) is 17.6 Å². The van der Waals surface area contributed by atoms with Gasteiger partial charge in [0.2, 0.25) is 5.91 Å². The minimum Gasteiger partial charge on any atom is -0.353 e. The predicted octanol–water partition coefficient (Wildman–Crippen LogP) is 1.40. The van der Waals surface area contributed by atoms with E-state index in [1.807, 2.05) is 0 Å². The second-order valence-electron chi connectivity index (χ2n) is 4.85. The minimum atomic E-state index is -0.362. The molecule has 1 heterocycles. The highest BCUT2D eigenvalue weighted by molar-refractivity contribution is 9.10. The van der Waals surface area contributed by atoms with Gasteiger partial charge in [-0.2, -0.15) is 0 Å². The zero-order valence-corrected chi connectivity index (χ0v) is 11.1. The molecular weight excluding hydrogens is 280 g/mol. The number of rotatable bonds is 0. The molecule has 3 nitrogen and oxygen atoms in total. The van der Waals surface area contributed by atoms with E-state index in [2.05, 4.69) is 44.8 Å². The lowest BCUT2D eigenvalue weighted by atomic mass is 9.76. The fourth-order valence-electron chi connectivity index (χ4n) is 2.83. The van der Waals surface area contributed by atoms with Crippen molar-refractivity contribution in [2.24, 2.45) is 0 Å². The summed E-state index contributed by atoms with van der Waals surface area (Å²) in [7, 11) is 0. The van der Waals surface area contributed by atoms with Crippen LogP contribution in [0.5, 0.6) is 0 Å². The van der Waals surface area contributed by atoms with E-state index in [0.717, 1.165) is 36.8 Å². The lowest BCUT2D eigenvalue weighted by molar-refractivity contribution is -0.129. The van der Waals surface area contributed by atoms with Gasteiger partial charge in [-0.1, -0.05) is 22.0 Å². The number of amides is 1. The molecule has 4 heteroatoms. The van der Waals surface area contributed by atoms with Gasteiger partial charge in [-0.05, 0) is 42.5 Å². The van der Waals surface area contributed by atoms with E-state index < -0.39 is 0 Å². The Morgan fingerprint density at radius 1 is 1.24 bits per heavy atom. The highest BCUT2D eigenvalue weighted by Gasteiger charge is 2.42. The molecule has 1 amide bonds. The maximum atomic E-state index is 12.1. The molecule has 1 unspecified atom stereocenters. The number of benzene rings is 1. The van der Waals surface area contributed by atoms with E-state index in [-0.39, 0.29) is 11.4 Å². The van der Waals surface area contributed by atoms with Gasteiger partial charge in [0.15, 0.2) is 0 Å². The van der Waals surface area contributed by atoms with E-state index in [1.165, 1.54) is 11.1 Å². The van der Waals surface area contributed by atoms with Crippen LogP contribution < -0.4 is 10.6 Å². The summed E-state index contributed by atoms with van der Waals surface area (Å²) in [5, 5.41) is 6.39. The summed E-state index contributed by atoms with van der Waals surface area (Å²) in [6, 6.07) is 6.35. The smallest absolute Gasteiger partial charge is 0.240 e. The number of fused-ring (bicyclic) bond motifs is 1. The molecule has 1 saturated heterocycles. The fourth-order valence-corrected chi connectivity index (χ4v) is 3.24. The standard InChI is InChI=1S/C13H15BrN2O/c14-11-2-1-10-8-13(4-3-9(10)7-11)12(17)15-5-6-16-13/h1-2,7,16H,3-6,8H2,(H,15,17). The molecule has 2 aliphatic rings. The second-order valence-corrected chi connectivity index (χ2v) is 5.77. The molecule has 0 radical (unpaired) electrons. The first kappa shape index (κ1) is 11.2. The zero-order valence-electron chi connectivity index (χ0n) is 9.55. The van der Waals surface area contributed by atoms with Gasteiger partial charge in [0.25, 0.3) is 0 Å². The van der Waals surface area contributed by atoms with Crippen LogP contribution in [0, 0.1) is 0 Å². The van der Waals surface area contributed by atoms with Crippen LogP contribution in [-0.2, 0) is 17.6 Å². The lowest BCUT2D eigenvalue weighted by Gasteiger charge is -2.40. The summed E-state index contributed by atoms with van der Waals surface area (Å²) < 4.78 is 1.12. The third-order valence-electron chi connectivity index (χ3n) is 3.79. The molecule has 0 saturated carbocycles. The topological polar surface area (TPSA) is 41.1 Å². The summed E-state index contributed by atoms with van der Waals surface area (Å²) in [4.78, 5) is 12.1. The molecule has 1 aromatic rings. The maximum Gasteiger partial charge on any atom is 0.240 e. The summed E-state index contributed by atoms with van der Waals surface area (Å²) in [6.07, 6.45) is 2.67. The number of hydrogen-bond acceptors (Lipinski definition) is 2. The normalized spacial score (nSPS) is 27.7. The Kier molecular flexibility index (Phi) is 2.71. The quantitative estimate of drug-likeness (QED) is 0.759. The SMILES string of the molecule is O=C1NCCNC12CCc1cc(Br)ccc1C2. The van der Waals surface area contributed by atoms with Crippen molar-refractivity contribution in [3.63, 3.8) is 0 Å². The first-order chi connectivity index (χ1) is 8.20. The number of piperazine rings is 1. The summed E-state index contributed by atoms with van der Waals surface area (Å²) in [5.41, 5.74) is 2.30. The molecule has 2 N–H and O–H groups in total. The molecule has 1 fully saturated rings. The molecule has 1 spiro atoms. The van der Waals surface area contributed by atoms with Gasteiger partial charge in [0.05, 0.1) is 0 Å². The highest BCUT2D eigenvalue weighted by atomic mass is 79.9. The van der Waals surface area contributed by atoms with Crippen molar-refractivity contribution in [1.82, 2.24) is 10.6 Å². The Bertz CT molecular complexity index is 474. The van der Waals surface area contributed by atoms with E-state index in [1.54, 1.807) is 0 Å². The molecule has 1 aliphatic heterocycles. The van der Waals surface area contributed by atoms with Crippen LogP contribution in [0.15, 0.2) is 22.7 Å². The largest absolute Gasteiger partial charge is 0.353 e. The van der Waals surface area contributed by atoms with Gasteiger partial charge in [0.1, 0.15) is 5.54 Å². The fraction of sp³-hybridized carbons (Fsp3) is 0.462. The van der Waals surface area contributed by atoms with Crippen LogP contribution in [0.1, 0.15) is 17.5 Å². The monoisotopic (exact) mass is 294 g/mol. The Hall–Kier alpha value is -0.870. The lowest BCUT2D eigenvalue weighted by Crippen LogP contribution is -2.65. The molecule has 0 aromatic heterocycles. The Morgan fingerprint density at radius 3 is 2.94 bits per heavy atom. The van der Waals surface area contributed by atoms with Gasteiger partial charge < -0.3 is 10.6 Å². The first-order valence-electron chi connectivity index (χ1n) is 6.00. The van der Waals surface area contributed by atoms with Crippen LogP contribution in [0.3, 0.4) is 0 Å². The minimum absolute atomic E-state index is 0.164. The number of carbonyl (C=O) groups is 1. The van der Waals surface area contributed by atoms with Crippen LogP contribution in [0.4, 0.5) is 0 Å². The van der Waals surface area contributed by atoms with Crippen LogP contribution in [0.25, 0.3) is 0 Å². The Morgan fingerprint density at radius 2 is 2.12 bits per heavy atom. The number of hydrogen-bond donors (Lipinski definition) is 2. The summed E-state index contributed by atoms with van der Waals surface area (Å²) in [6.45, 7) is 1.62. The van der Waals surface area contributed by atoms with Crippen LogP contribution in [-0.4, -0.2) is 24.5 Å².